The first-order chi connectivity index (χ1) is 15.6. The number of likely N-dealkylation sites (tertiary alicyclic amines) is 1. The van der Waals surface area contributed by atoms with Crippen molar-refractivity contribution in [1.82, 2.24) is 30.7 Å². The lowest BCUT2D eigenvalue weighted by Crippen LogP contribution is -3.11. The minimum Gasteiger partial charge on any atom is -0.870 e. The molecular formula is C19H23N9O4. The van der Waals surface area contributed by atoms with Crippen LogP contribution in [0.5, 0.6) is 11.5 Å². The van der Waals surface area contributed by atoms with Gasteiger partial charge in [0.05, 0.1) is 26.4 Å². The van der Waals surface area contributed by atoms with E-state index in [9.17, 15) is 9.90 Å². The molecule has 1 aliphatic rings. The Morgan fingerprint density at radius 2 is 2.19 bits per heavy atom. The lowest BCUT2D eigenvalue weighted by molar-refractivity contribution is -0.918. The Hall–Kier alpha value is -4.00. The number of anilines is 1. The van der Waals surface area contributed by atoms with E-state index in [-0.39, 0.29) is 28.8 Å². The van der Waals surface area contributed by atoms with Crippen LogP contribution in [0.4, 0.5) is 5.82 Å². The zero-order chi connectivity index (χ0) is 22.5. The number of amides is 1. The Morgan fingerprint density at radius 3 is 2.91 bits per heavy atom. The molecule has 0 saturated carbocycles. The van der Waals surface area contributed by atoms with Gasteiger partial charge in [-0.05, 0) is 41.2 Å². The van der Waals surface area contributed by atoms with Crippen LogP contribution in [0.25, 0.3) is 5.82 Å². The molecule has 0 atom stereocenters. The van der Waals surface area contributed by atoms with Gasteiger partial charge in [-0.1, -0.05) is 23.1 Å². The Balaban J connectivity index is 1.55. The number of methoxy groups -OCH3 is 1. The molecule has 1 aliphatic heterocycles. The molecule has 1 saturated heterocycles. The van der Waals surface area contributed by atoms with Crippen molar-refractivity contribution < 1.29 is 24.2 Å². The topological polar surface area (TPSA) is 174 Å². The Morgan fingerprint density at radius 1 is 1.38 bits per heavy atom. The van der Waals surface area contributed by atoms with Crippen molar-refractivity contribution in [2.45, 2.75) is 25.8 Å². The monoisotopic (exact) mass is 441 g/mol. The van der Waals surface area contributed by atoms with Crippen molar-refractivity contribution in [3.8, 4) is 17.3 Å². The summed E-state index contributed by atoms with van der Waals surface area (Å²) in [5, 5.41) is 31.0. The fraction of sp³-hybridized carbons (Fsp3) is 0.368. The van der Waals surface area contributed by atoms with E-state index in [1.807, 2.05) is 0 Å². The smallest absolute Gasteiger partial charge is 0.294 e. The number of hydrogen-bond donors (Lipinski definition) is 3. The van der Waals surface area contributed by atoms with Gasteiger partial charge in [-0.15, -0.1) is 5.10 Å². The summed E-state index contributed by atoms with van der Waals surface area (Å²) in [6, 6.07) is 4.46. The van der Waals surface area contributed by atoms with Crippen molar-refractivity contribution in [3.05, 3.63) is 35.2 Å². The lowest BCUT2D eigenvalue weighted by atomic mass is 10.1. The van der Waals surface area contributed by atoms with Crippen molar-refractivity contribution in [2.24, 2.45) is 5.10 Å². The molecule has 1 amide bonds. The van der Waals surface area contributed by atoms with E-state index in [4.69, 9.17) is 10.5 Å². The number of hydrogen-bond acceptors (Lipinski definition) is 10. The molecule has 2 aromatic heterocycles. The number of nitrogen functional groups attached to an aromatic ring is 1. The van der Waals surface area contributed by atoms with Gasteiger partial charge in [0, 0.05) is 0 Å². The molecule has 13 heteroatoms. The van der Waals surface area contributed by atoms with Gasteiger partial charge in [-0.25, -0.2) is 10.1 Å². The number of nitrogens with one attached hydrogen (secondary N) is 2. The number of nitrogens with two attached hydrogens (primary N) is 1. The maximum absolute atomic E-state index is 12.8. The molecule has 4 N–H and O–H groups in total. The Labute approximate surface area is 182 Å². The van der Waals surface area contributed by atoms with Crippen LogP contribution in [0.3, 0.4) is 0 Å². The molecule has 0 radical (unpaired) electrons. The largest absolute Gasteiger partial charge is 0.870 e. The predicted octanol–water partition coefficient (Wildman–Crippen LogP) is -1.35. The summed E-state index contributed by atoms with van der Waals surface area (Å²) in [4.78, 5) is 14.1. The molecule has 1 aromatic carbocycles. The van der Waals surface area contributed by atoms with E-state index < -0.39 is 5.91 Å². The lowest BCUT2D eigenvalue weighted by Gasteiger charge is -2.23. The summed E-state index contributed by atoms with van der Waals surface area (Å²) in [6.07, 6.45) is 4.82. The van der Waals surface area contributed by atoms with Gasteiger partial charge in [-0.3, -0.25) is 4.79 Å². The van der Waals surface area contributed by atoms with Crippen LogP contribution >= 0.6 is 0 Å². The molecule has 13 nitrogen and oxygen atoms in total. The molecule has 3 heterocycles. The van der Waals surface area contributed by atoms with Gasteiger partial charge in [0.25, 0.3) is 5.91 Å². The molecular weight excluding hydrogens is 418 g/mol. The van der Waals surface area contributed by atoms with Gasteiger partial charge in [0.2, 0.25) is 11.6 Å². The zero-order valence-corrected chi connectivity index (χ0v) is 17.4. The van der Waals surface area contributed by atoms with Crippen molar-refractivity contribution in [2.75, 3.05) is 25.9 Å². The third kappa shape index (κ3) is 4.51. The summed E-state index contributed by atoms with van der Waals surface area (Å²) < 4.78 is 11.1. The summed E-state index contributed by atoms with van der Waals surface area (Å²) >= 11 is 0. The van der Waals surface area contributed by atoms with Crippen molar-refractivity contribution in [1.29, 1.82) is 0 Å². The standard InChI is InChI=1S/C19H23N9O4/c1-31-15-9-12(5-6-14(15)29)10-21-23-19(30)16-13(11-27-7-3-2-4-8-27)28(26-22-16)18-17(20)24-32-25-18/h5-6,9-10,29H,2-4,7-8,11H2,1H3,(H2,20,24)(H,23,30)/b21-10+. The SMILES string of the molecule is COc1cc(/C=N/NC(=O)c2nnn(-c3nonc3N)c2C[NH+]2CCCCC2)ccc1[O-]. The maximum atomic E-state index is 12.8. The number of aromatic nitrogens is 5. The second-order valence-corrected chi connectivity index (χ2v) is 7.37. The van der Waals surface area contributed by atoms with E-state index >= 15 is 0 Å². The van der Waals surface area contributed by atoms with Crippen molar-refractivity contribution >= 4 is 17.9 Å². The van der Waals surface area contributed by atoms with Gasteiger partial charge >= 0.3 is 0 Å². The van der Waals surface area contributed by atoms with Crippen LogP contribution in [-0.4, -0.2) is 57.6 Å². The minimum atomic E-state index is -0.540. The van der Waals surface area contributed by atoms with Crippen LogP contribution in [-0.2, 0) is 6.54 Å². The highest BCUT2D eigenvalue weighted by atomic mass is 16.6. The number of carbonyl (C=O) groups excluding carboxylic acids is 1. The number of benzene rings is 1. The van der Waals surface area contributed by atoms with E-state index in [1.54, 1.807) is 6.07 Å². The molecule has 3 aromatic rings. The average Bonchev–Trinajstić information content (AvgIpc) is 3.41. The summed E-state index contributed by atoms with van der Waals surface area (Å²) in [6.45, 7) is 2.47. The summed E-state index contributed by atoms with van der Waals surface area (Å²) in [5.74, 6) is -0.367. The first-order valence-electron chi connectivity index (χ1n) is 10.1. The number of piperidine rings is 1. The second-order valence-electron chi connectivity index (χ2n) is 7.37. The highest BCUT2D eigenvalue weighted by Gasteiger charge is 2.27. The average molecular weight is 441 g/mol. The number of carbonyl (C=O) groups is 1. The van der Waals surface area contributed by atoms with Gasteiger partial charge in [0.15, 0.2) is 5.69 Å². The molecule has 0 spiro atoms. The fourth-order valence-corrected chi connectivity index (χ4v) is 3.59. The number of hydrazone groups is 1. The van der Waals surface area contributed by atoms with Gasteiger partial charge in [-0.2, -0.15) is 9.78 Å². The Kier molecular flexibility index (Phi) is 6.26. The normalized spacial score (nSPS) is 14.7. The minimum absolute atomic E-state index is 0.0468. The summed E-state index contributed by atoms with van der Waals surface area (Å²) in [7, 11) is 1.41. The third-order valence-electron chi connectivity index (χ3n) is 5.22. The molecule has 32 heavy (non-hydrogen) atoms. The third-order valence-corrected chi connectivity index (χ3v) is 5.22. The van der Waals surface area contributed by atoms with Crippen LogP contribution in [0, 0.1) is 0 Å². The van der Waals surface area contributed by atoms with E-state index in [0.717, 1.165) is 25.9 Å². The van der Waals surface area contributed by atoms with Crippen LogP contribution in [0.2, 0.25) is 0 Å². The highest BCUT2D eigenvalue weighted by molar-refractivity contribution is 5.94. The Bertz CT molecular complexity index is 1120. The first-order valence-corrected chi connectivity index (χ1v) is 10.1. The van der Waals surface area contributed by atoms with E-state index in [0.29, 0.717) is 17.8 Å². The fourth-order valence-electron chi connectivity index (χ4n) is 3.59. The quantitative estimate of drug-likeness (QED) is 0.296. The molecule has 1 fully saturated rings. The molecule has 0 bridgehead atoms. The van der Waals surface area contributed by atoms with Crippen LogP contribution in [0.15, 0.2) is 27.9 Å². The summed E-state index contributed by atoms with van der Waals surface area (Å²) in [5.41, 5.74) is 9.50. The zero-order valence-electron chi connectivity index (χ0n) is 17.4. The van der Waals surface area contributed by atoms with E-state index in [2.05, 4.69) is 35.8 Å². The number of rotatable bonds is 7. The maximum Gasteiger partial charge on any atom is 0.294 e. The van der Waals surface area contributed by atoms with Gasteiger partial charge < -0.3 is 20.5 Å². The second kappa shape index (κ2) is 9.43. The molecule has 0 aliphatic carbocycles. The van der Waals surface area contributed by atoms with Crippen molar-refractivity contribution in [3.63, 3.8) is 0 Å². The number of nitrogens with zero attached hydrogens (tertiary/aromatic N) is 6. The van der Waals surface area contributed by atoms with Crippen LogP contribution in [0.1, 0.15) is 41.0 Å². The molecule has 0 unspecified atom stereocenters. The molecule has 4 rings (SSSR count). The number of quaternary nitrogens is 1. The van der Waals surface area contributed by atoms with Gasteiger partial charge in [0.1, 0.15) is 18.0 Å². The molecule has 168 valence electrons. The first kappa shape index (κ1) is 21.2. The van der Waals surface area contributed by atoms with Crippen LogP contribution < -0.4 is 25.9 Å². The van der Waals surface area contributed by atoms with E-state index in [1.165, 1.54) is 41.5 Å². The highest BCUT2D eigenvalue weighted by Crippen LogP contribution is 2.22. The number of ether oxygens (including phenoxy) is 1. The predicted molar refractivity (Wildman–Crippen MR) is 109 cm³/mol.